The monoisotopic (exact) mass is 340 g/mol. The highest BCUT2D eigenvalue weighted by molar-refractivity contribution is 5.92. The minimum atomic E-state index is -0.00842. The molecule has 2 rings (SSSR count). The quantitative estimate of drug-likeness (QED) is 0.761. The SMILES string of the molecule is CCN(CCC(=O)Nc1ccccc1OC(C)C)c1cccc(C)c1. The zero-order chi connectivity index (χ0) is 18.2. The van der Waals surface area contributed by atoms with Crippen LogP contribution < -0.4 is 15.0 Å². The largest absolute Gasteiger partial charge is 0.489 e. The first-order valence-electron chi connectivity index (χ1n) is 8.86. The highest BCUT2D eigenvalue weighted by Crippen LogP contribution is 2.25. The van der Waals surface area contributed by atoms with Gasteiger partial charge >= 0.3 is 0 Å². The standard InChI is InChI=1S/C21H28N2O2/c1-5-23(18-10-8-9-17(4)15-18)14-13-21(24)22-19-11-6-7-12-20(19)25-16(2)3/h6-12,15-16H,5,13-14H2,1-4H3,(H,22,24). The smallest absolute Gasteiger partial charge is 0.226 e. The molecule has 0 aliphatic carbocycles. The molecule has 0 saturated heterocycles. The number of aryl methyl sites for hydroxylation is 1. The highest BCUT2D eigenvalue weighted by atomic mass is 16.5. The van der Waals surface area contributed by atoms with Gasteiger partial charge in [0.1, 0.15) is 5.75 Å². The molecule has 25 heavy (non-hydrogen) atoms. The second-order valence-corrected chi connectivity index (χ2v) is 6.38. The van der Waals surface area contributed by atoms with E-state index < -0.39 is 0 Å². The minimum absolute atomic E-state index is 0.00842. The van der Waals surface area contributed by atoms with E-state index in [0.717, 1.165) is 17.9 Å². The number of nitrogens with one attached hydrogen (secondary N) is 1. The van der Waals surface area contributed by atoms with Gasteiger partial charge in [-0.1, -0.05) is 24.3 Å². The number of carbonyl (C=O) groups is 1. The van der Waals surface area contributed by atoms with Crippen molar-refractivity contribution in [1.29, 1.82) is 0 Å². The van der Waals surface area contributed by atoms with Crippen molar-refractivity contribution in [3.63, 3.8) is 0 Å². The van der Waals surface area contributed by atoms with Crippen molar-refractivity contribution in [3.8, 4) is 5.75 Å². The van der Waals surface area contributed by atoms with Crippen LogP contribution in [0.25, 0.3) is 0 Å². The van der Waals surface area contributed by atoms with Crippen molar-refractivity contribution in [1.82, 2.24) is 0 Å². The van der Waals surface area contributed by atoms with Crippen molar-refractivity contribution < 1.29 is 9.53 Å². The molecule has 0 bridgehead atoms. The van der Waals surface area contributed by atoms with Crippen molar-refractivity contribution >= 4 is 17.3 Å². The molecule has 0 aromatic heterocycles. The molecule has 2 aromatic rings. The summed E-state index contributed by atoms with van der Waals surface area (Å²) < 4.78 is 5.75. The number of carbonyl (C=O) groups excluding carboxylic acids is 1. The van der Waals surface area contributed by atoms with Crippen LogP contribution in [0.4, 0.5) is 11.4 Å². The van der Waals surface area contributed by atoms with Crippen LogP contribution in [0.1, 0.15) is 32.8 Å². The number of rotatable bonds is 8. The molecule has 0 spiro atoms. The second-order valence-electron chi connectivity index (χ2n) is 6.38. The lowest BCUT2D eigenvalue weighted by Gasteiger charge is -2.23. The fraction of sp³-hybridized carbons (Fsp3) is 0.381. The number of para-hydroxylation sites is 2. The number of benzene rings is 2. The summed E-state index contributed by atoms with van der Waals surface area (Å²) in [6, 6.07) is 15.9. The van der Waals surface area contributed by atoms with Crippen LogP contribution in [0.5, 0.6) is 5.75 Å². The molecule has 0 aliphatic rings. The molecule has 0 atom stereocenters. The number of hydrogen-bond donors (Lipinski definition) is 1. The molecular weight excluding hydrogens is 312 g/mol. The predicted octanol–water partition coefficient (Wildman–Crippen LogP) is 4.64. The Balaban J connectivity index is 1.96. The Morgan fingerprint density at radius 1 is 1.16 bits per heavy atom. The third-order valence-electron chi connectivity index (χ3n) is 3.88. The first-order valence-corrected chi connectivity index (χ1v) is 8.86. The summed E-state index contributed by atoms with van der Waals surface area (Å²) in [4.78, 5) is 14.6. The first kappa shape index (κ1) is 18.8. The van der Waals surface area contributed by atoms with Gasteiger partial charge < -0.3 is 15.0 Å². The Kier molecular flexibility index (Phi) is 6.87. The van der Waals surface area contributed by atoms with E-state index in [9.17, 15) is 4.79 Å². The van der Waals surface area contributed by atoms with E-state index in [4.69, 9.17) is 4.74 Å². The summed E-state index contributed by atoms with van der Waals surface area (Å²) >= 11 is 0. The van der Waals surface area contributed by atoms with E-state index in [0.29, 0.717) is 18.7 Å². The summed E-state index contributed by atoms with van der Waals surface area (Å²) in [6.45, 7) is 9.67. The Hall–Kier alpha value is -2.49. The first-order chi connectivity index (χ1) is 12.0. The van der Waals surface area contributed by atoms with E-state index in [1.54, 1.807) is 0 Å². The maximum atomic E-state index is 12.4. The summed E-state index contributed by atoms with van der Waals surface area (Å²) in [7, 11) is 0. The fourth-order valence-electron chi connectivity index (χ4n) is 2.67. The van der Waals surface area contributed by atoms with E-state index in [1.165, 1.54) is 5.56 Å². The van der Waals surface area contributed by atoms with Gasteiger partial charge in [-0.15, -0.1) is 0 Å². The predicted molar refractivity (Wildman–Crippen MR) is 105 cm³/mol. The van der Waals surface area contributed by atoms with E-state index in [1.807, 2.05) is 44.2 Å². The van der Waals surface area contributed by atoms with E-state index >= 15 is 0 Å². The van der Waals surface area contributed by atoms with Gasteiger partial charge in [0, 0.05) is 25.2 Å². The van der Waals surface area contributed by atoms with E-state index in [2.05, 4.69) is 42.3 Å². The van der Waals surface area contributed by atoms with Gasteiger partial charge in [0.05, 0.1) is 11.8 Å². The summed E-state index contributed by atoms with van der Waals surface area (Å²) in [5, 5.41) is 2.97. The average Bonchev–Trinajstić information content (AvgIpc) is 2.57. The maximum absolute atomic E-state index is 12.4. The van der Waals surface area contributed by atoms with Crippen molar-refractivity contribution in [2.75, 3.05) is 23.3 Å². The fourth-order valence-corrected chi connectivity index (χ4v) is 2.67. The molecule has 2 aromatic carbocycles. The van der Waals surface area contributed by atoms with Crippen LogP contribution in [-0.4, -0.2) is 25.1 Å². The maximum Gasteiger partial charge on any atom is 0.226 e. The second kappa shape index (κ2) is 9.11. The molecule has 4 heteroatoms. The third-order valence-corrected chi connectivity index (χ3v) is 3.88. The molecule has 1 N–H and O–H groups in total. The molecule has 1 amide bonds. The molecule has 134 valence electrons. The zero-order valence-corrected chi connectivity index (χ0v) is 15.6. The summed E-state index contributed by atoms with van der Waals surface area (Å²) in [5.41, 5.74) is 3.10. The number of hydrogen-bond acceptors (Lipinski definition) is 3. The lowest BCUT2D eigenvalue weighted by molar-refractivity contribution is -0.116. The van der Waals surface area contributed by atoms with Gasteiger partial charge in [-0.25, -0.2) is 0 Å². The normalized spacial score (nSPS) is 10.6. The Morgan fingerprint density at radius 2 is 1.92 bits per heavy atom. The van der Waals surface area contributed by atoms with Gasteiger partial charge in [-0.05, 0) is 57.5 Å². The van der Waals surface area contributed by atoms with Crippen LogP contribution in [0.2, 0.25) is 0 Å². The zero-order valence-electron chi connectivity index (χ0n) is 15.6. The molecule has 0 radical (unpaired) electrons. The molecule has 0 fully saturated rings. The average molecular weight is 340 g/mol. The van der Waals surface area contributed by atoms with Gasteiger partial charge in [0.25, 0.3) is 0 Å². The lowest BCUT2D eigenvalue weighted by Crippen LogP contribution is -2.27. The number of nitrogens with zero attached hydrogens (tertiary/aromatic N) is 1. The van der Waals surface area contributed by atoms with Gasteiger partial charge in [0.15, 0.2) is 0 Å². The Bertz CT molecular complexity index is 698. The van der Waals surface area contributed by atoms with Crippen molar-refractivity contribution in [2.45, 2.75) is 40.2 Å². The molecule has 0 unspecified atom stereocenters. The molecular formula is C21H28N2O2. The highest BCUT2D eigenvalue weighted by Gasteiger charge is 2.11. The van der Waals surface area contributed by atoms with Crippen LogP contribution in [0, 0.1) is 6.92 Å². The number of amides is 1. The van der Waals surface area contributed by atoms with Crippen LogP contribution in [0.15, 0.2) is 48.5 Å². The molecule has 0 saturated carbocycles. The summed E-state index contributed by atoms with van der Waals surface area (Å²) in [5.74, 6) is 0.697. The molecule has 0 aliphatic heterocycles. The Morgan fingerprint density at radius 3 is 2.60 bits per heavy atom. The van der Waals surface area contributed by atoms with Crippen LogP contribution >= 0.6 is 0 Å². The van der Waals surface area contributed by atoms with Gasteiger partial charge in [0.2, 0.25) is 5.91 Å². The number of ether oxygens (including phenoxy) is 1. The van der Waals surface area contributed by atoms with E-state index in [-0.39, 0.29) is 12.0 Å². The topological polar surface area (TPSA) is 41.6 Å². The van der Waals surface area contributed by atoms with Crippen LogP contribution in [0.3, 0.4) is 0 Å². The Labute approximate surface area is 150 Å². The number of anilines is 2. The molecule has 4 nitrogen and oxygen atoms in total. The third kappa shape index (κ3) is 5.82. The van der Waals surface area contributed by atoms with Gasteiger partial charge in [-0.2, -0.15) is 0 Å². The molecule has 0 heterocycles. The van der Waals surface area contributed by atoms with Crippen LogP contribution in [-0.2, 0) is 4.79 Å². The minimum Gasteiger partial charge on any atom is -0.489 e. The van der Waals surface area contributed by atoms with Crippen molar-refractivity contribution in [3.05, 3.63) is 54.1 Å². The van der Waals surface area contributed by atoms with Crippen molar-refractivity contribution in [2.24, 2.45) is 0 Å². The van der Waals surface area contributed by atoms with Gasteiger partial charge in [-0.3, -0.25) is 4.79 Å². The lowest BCUT2D eigenvalue weighted by atomic mass is 10.2. The summed E-state index contributed by atoms with van der Waals surface area (Å²) in [6.07, 6.45) is 0.493.